The predicted molar refractivity (Wildman–Crippen MR) is 120 cm³/mol. The number of rotatable bonds is 7. The van der Waals surface area contributed by atoms with Gasteiger partial charge >= 0.3 is 17.9 Å². The maximum Gasteiger partial charge on any atom is 0.382 e. The maximum absolute atomic E-state index is 14.4. The monoisotopic (exact) mass is 470 g/mol. The lowest BCUT2D eigenvalue weighted by Gasteiger charge is -2.40. The predicted octanol–water partition coefficient (Wildman–Crippen LogP) is 5.90. The third-order valence-corrected chi connectivity index (χ3v) is 8.14. The molecule has 0 amide bonds. The van der Waals surface area contributed by atoms with E-state index in [2.05, 4.69) is 6.92 Å². The molecule has 3 saturated carbocycles. The van der Waals surface area contributed by atoms with E-state index in [4.69, 9.17) is 14.6 Å². The Balaban J connectivity index is 1.29. The van der Waals surface area contributed by atoms with Gasteiger partial charge in [0.05, 0.1) is 5.56 Å². The van der Waals surface area contributed by atoms with Gasteiger partial charge in [0, 0.05) is 5.92 Å². The molecule has 0 saturated heterocycles. The van der Waals surface area contributed by atoms with Gasteiger partial charge in [-0.25, -0.2) is 9.59 Å². The maximum atomic E-state index is 14.4. The zero-order valence-electron chi connectivity index (χ0n) is 19.0. The third kappa shape index (κ3) is 3.85. The fourth-order valence-corrected chi connectivity index (χ4v) is 6.70. The van der Waals surface area contributed by atoms with Gasteiger partial charge in [-0.15, -0.1) is 0 Å². The van der Waals surface area contributed by atoms with Crippen LogP contribution < -0.4 is 4.74 Å². The molecule has 1 N–H and O–H groups in total. The molecule has 5 rings (SSSR count). The topological polar surface area (TPSA) is 72.8 Å². The van der Waals surface area contributed by atoms with Crippen LogP contribution in [0.1, 0.15) is 61.1 Å². The van der Waals surface area contributed by atoms with E-state index in [9.17, 15) is 18.4 Å². The van der Waals surface area contributed by atoms with Crippen molar-refractivity contribution in [2.24, 2.45) is 23.7 Å². The summed E-state index contributed by atoms with van der Waals surface area (Å²) in [6.45, 7) is 2.17. The van der Waals surface area contributed by atoms with Crippen LogP contribution in [0.3, 0.4) is 0 Å². The number of carboxylic acids is 1. The fraction of sp³-hybridized carbons (Fsp3) is 0.481. The minimum Gasteiger partial charge on any atom is -0.487 e. The average molecular weight is 471 g/mol. The summed E-state index contributed by atoms with van der Waals surface area (Å²) in [4.78, 5) is 23.8. The van der Waals surface area contributed by atoms with Crippen LogP contribution in [-0.4, -0.2) is 28.6 Å². The molecular formula is C27H28F2O5. The van der Waals surface area contributed by atoms with Crippen molar-refractivity contribution in [2.75, 3.05) is 0 Å². The van der Waals surface area contributed by atoms with E-state index in [1.807, 2.05) is 0 Å². The average Bonchev–Trinajstić information content (AvgIpc) is 3.50. The van der Waals surface area contributed by atoms with Gasteiger partial charge in [0.1, 0.15) is 11.4 Å². The van der Waals surface area contributed by atoms with Gasteiger partial charge in [0.15, 0.2) is 0 Å². The summed E-state index contributed by atoms with van der Waals surface area (Å²) in [6, 6.07) is 13.4. The number of esters is 1. The molecule has 0 radical (unpaired) electrons. The van der Waals surface area contributed by atoms with Crippen LogP contribution in [0.2, 0.25) is 0 Å². The van der Waals surface area contributed by atoms with Gasteiger partial charge in [-0.2, -0.15) is 8.78 Å². The van der Waals surface area contributed by atoms with Crippen LogP contribution in [0.15, 0.2) is 54.6 Å². The van der Waals surface area contributed by atoms with Crippen molar-refractivity contribution >= 4 is 11.9 Å². The highest BCUT2D eigenvalue weighted by molar-refractivity contribution is 5.90. The molecule has 0 heterocycles. The number of hydrogen-bond acceptors (Lipinski definition) is 4. The summed E-state index contributed by atoms with van der Waals surface area (Å²) < 4.78 is 40.2. The van der Waals surface area contributed by atoms with Crippen LogP contribution in [0.5, 0.6) is 5.75 Å². The first-order valence-electron chi connectivity index (χ1n) is 11.9. The summed E-state index contributed by atoms with van der Waals surface area (Å²) in [5, 5.41) is 9.00. The molecule has 3 fully saturated rings. The SMILES string of the molecule is CC1(Oc2ccc(C(=O)OC(c3ccccc3)C(F)(F)C(=O)O)cc2)CC2CC1C1CCCC21. The molecule has 0 aliphatic heterocycles. The number of fused-ring (bicyclic) bond motifs is 5. The Labute approximate surface area is 197 Å². The Bertz CT molecular complexity index is 1070. The van der Waals surface area contributed by atoms with Crippen molar-refractivity contribution in [2.45, 2.75) is 56.7 Å². The summed E-state index contributed by atoms with van der Waals surface area (Å²) >= 11 is 0. The van der Waals surface area contributed by atoms with Crippen LogP contribution in [0.4, 0.5) is 8.78 Å². The molecule has 7 heteroatoms. The van der Waals surface area contributed by atoms with Crippen molar-refractivity contribution in [1.29, 1.82) is 0 Å². The number of carbonyl (C=O) groups is 2. The number of aliphatic carboxylic acids is 1. The number of hydrogen-bond donors (Lipinski definition) is 1. The number of ether oxygens (including phenoxy) is 2. The second-order valence-electron chi connectivity index (χ2n) is 10.1. The highest BCUT2D eigenvalue weighted by Gasteiger charge is 2.60. The molecule has 34 heavy (non-hydrogen) atoms. The lowest BCUT2D eigenvalue weighted by Crippen LogP contribution is -2.43. The molecule has 180 valence electrons. The number of benzene rings is 2. The Morgan fingerprint density at radius 3 is 2.41 bits per heavy atom. The molecule has 2 bridgehead atoms. The summed E-state index contributed by atoms with van der Waals surface area (Å²) in [5.41, 5.74) is -0.291. The Hall–Kier alpha value is -2.96. The normalized spacial score (nSPS) is 30.6. The second kappa shape index (κ2) is 8.36. The number of carboxylic acid groups (broad SMARTS) is 1. The van der Waals surface area contributed by atoms with Crippen LogP contribution >= 0.6 is 0 Å². The third-order valence-electron chi connectivity index (χ3n) is 8.14. The van der Waals surface area contributed by atoms with Gasteiger partial charge in [0.2, 0.25) is 6.10 Å². The van der Waals surface area contributed by atoms with Crippen molar-refractivity contribution in [3.05, 3.63) is 65.7 Å². The number of alkyl halides is 2. The molecular weight excluding hydrogens is 442 g/mol. The molecule has 2 aromatic rings. The minimum absolute atomic E-state index is 0.0448. The van der Waals surface area contributed by atoms with E-state index in [0.717, 1.165) is 24.2 Å². The van der Waals surface area contributed by atoms with Crippen LogP contribution in [0.25, 0.3) is 0 Å². The van der Waals surface area contributed by atoms with E-state index in [-0.39, 0.29) is 16.7 Å². The quantitative estimate of drug-likeness (QED) is 0.510. The first-order valence-corrected chi connectivity index (χ1v) is 11.9. The molecule has 3 aliphatic rings. The minimum atomic E-state index is -4.28. The molecule has 0 aromatic heterocycles. The van der Waals surface area contributed by atoms with Gasteiger partial charge in [-0.05, 0) is 80.2 Å². The van der Waals surface area contributed by atoms with Crippen LogP contribution in [0, 0.1) is 23.7 Å². The van der Waals surface area contributed by atoms with Crippen molar-refractivity contribution in [3.8, 4) is 5.75 Å². The molecule has 6 unspecified atom stereocenters. The zero-order valence-corrected chi connectivity index (χ0v) is 19.0. The van der Waals surface area contributed by atoms with Crippen LogP contribution in [-0.2, 0) is 9.53 Å². The lowest BCUT2D eigenvalue weighted by molar-refractivity contribution is -0.183. The zero-order chi connectivity index (χ0) is 24.1. The largest absolute Gasteiger partial charge is 0.487 e. The van der Waals surface area contributed by atoms with Crippen molar-refractivity contribution < 1.29 is 33.0 Å². The highest BCUT2D eigenvalue weighted by Crippen LogP contribution is 2.63. The van der Waals surface area contributed by atoms with Gasteiger partial charge < -0.3 is 14.6 Å². The smallest absolute Gasteiger partial charge is 0.382 e. The fourth-order valence-electron chi connectivity index (χ4n) is 6.70. The van der Waals surface area contributed by atoms with Gasteiger partial charge in [-0.1, -0.05) is 36.8 Å². The Morgan fingerprint density at radius 2 is 1.74 bits per heavy atom. The summed E-state index contributed by atoms with van der Waals surface area (Å²) in [7, 11) is 0. The van der Waals surface area contributed by atoms with Crippen molar-refractivity contribution in [3.63, 3.8) is 0 Å². The summed E-state index contributed by atoms with van der Waals surface area (Å²) in [6.07, 6.45) is 3.92. The molecule has 2 aromatic carbocycles. The van der Waals surface area contributed by atoms with E-state index < -0.39 is 24.0 Å². The number of carbonyl (C=O) groups excluding carboxylic acids is 1. The Kier molecular flexibility index (Phi) is 5.61. The Morgan fingerprint density at radius 1 is 1.06 bits per heavy atom. The van der Waals surface area contributed by atoms with Crippen molar-refractivity contribution in [1.82, 2.24) is 0 Å². The molecule has 3 aliphatic carbocycles. The summed E-state index contributed by atoms with van der Waals surface area (Å²) in [5.74, 6) is -4.19. The van der Waals surface area contributed by atoms with Gasteiger partial charge in [0.25, 0.3) is 0 Å². The van der Waals surface area contributed by atoms with Gasteiger partial charge in [-0.3, -0.25) is 0 Å². The molecule has 6 atom stereocenters. The number of halogens is 2. The first-order chi connectivity index (χ1) is 16.2. The van der Waals surface area contributed by atoms with E-state index in [0.29, 0.717) is 11.7 Å². The second-order valence-corrected chi connectivity index (χ2v) is 10.1. The standard InChI is InChI=1S/C27H28F2O5/c1-26(15-18-14-22(26)21-9-5-8-20(18)21)34-19-12-10-17(11-13-19)24(30)33-23(27(28,29)25(31)32)16-6-3-2-4-7-16/h2-4,6-7,10-13,18,20-23H,5,8-9,14-15H2,1H3,(H,31,32). The van der Waals surface area contributed by atoms with E-state index in [1.165, 1.54) is 62.1 Å². The van der Waals surface area contributed by atoms with E-state index >= 15 is 0 Å². The molecule has 5 nitrogen and oxygen atoms in total. The lowest BCUT2D eigenvalue weighted by atomic mass is 9.73. The first kappa shape index (κ1) is 22.8. The molecule has 0 spiro atoms. The highest BCUT2D eigenvalue weighted by atomic mass is 19.3. The van der Waals surface area contributed by atoms with E-state index in [1.54, 1.807) is 18.2 Å².